The van der Waals surface area contributed by atoms with E-state index in [1.807, 2.05) is 51.5 Å². The number of para-hydroxylation sites is 1. The molecule has 136 valence electrons. The van der Waals surface area contributed by atoms with Gasteiger partial charge in [-0.2, -0.15) is 0 Å². The molecule has 3 rings (SSSR count). The van der Waals surface area contributed by atoms with Crippen molar-refractivity contribution < 1.29 is 4.79 Å². The second-order valence-electron chi connectivity index (χ2n) is 6.91. The van der Waals surface area contributed by atoms with E-state index in [-0.39, 0.29) is 11.8 Å². The normalized spacial score (nSPS) is 12.5. The zero-order valence-electron chi connectivity index (χ0n) is 16.0. The number of hydrogen-bond acceptors (Lipinski definition) is 3. The van der Waals surface area contributed by atoms with E-state index < -0.39 is 0 Å². The highest BCUT2D eigenvalue weighted by Crippen LogP contribution is 2.22. The number of Topliss-reactive ketones (excluding diaryl/α,β-unsaturated/α-hetero) is 1. The predicted molar refractivity (Wildman–Crippen MR) is 109 cm³/mol. The number of hydrogen-bond donors (Lipinski definition) is 1. The van der Waals surface area contributed by atoms with E-state index in [4.69, 9.17) is 0 Å². The predicted octanol–water partition coefficient (Wildman–Crippen LogP) is 4.33. The Morgan fingerprint density at radius 3 is 2.42 bits per heavy atom. The molecule has 0 saturated heterocycles. The summed E-state index contributed by atoms with van der Waals surface area (Å²) in [6.45, 7) is 5.69. The Kier molecular flexibility index (Phi) is 5.43. The Labute approximate surface area is 155 Å². The van der Waals surface area contributed by atoms with Gasteiger partial charge in [-0.1, -0.05) is 37.3 Å². The van der Waals surface area contributed by atoms with Crippen LogP contribution in [0.4, 0.5) is 5.69 Å². The summed E-state index contributed by atoms with van der Waals surface area (Å²) in [5.74, 6) is 0.161. The van der Waals surface area contributed by atoms with E-state index in [0.29, 0.717) is 0 Å². The lowest BCUT2D eigenvalue weighted by Gasteiger charge is -2.27. The summed E-state index contributed by atoms with van der Waals surface area (Å²) >= 11 is 0. The highest BCUT2D eigenvalue weighted by atomic mass is 16.1. The first kappa shape index (κ1) is 18.2. The van der Waals surface area contributed by atoms with Gasteiger partial charge in [0.2, 0.25) is 0 Å². The molecule has 4 heteroatoms. The molecule has 3 aromatic rings. The number of nitrogens with one attached hydrogen (secondary N) is 1. The van der Waals surface area contributed by atoms with Crippen molar-refractivity contribution in [2.45, 2.75) is 26.4 Å². The zero-order chi connectivity index (χ0) is 18.7. The van der Waals surface area contributed by atoms with Crippen molar-refractivity contribution in [1.29, 1.82) is 0 Å². The summed E-state index contributed by atoms with van der Waals surface area (Å²) in [6.07, 6.45) is 1.84. The third kappa shape index (κ3) is 3.65. The molecular formula is C22H27N3O. The van der Waals surface area contributed by atoms with Gasteiger partial charge in [-0.05, 0) is 37.2 Å². The molecule has 0 aliphatic carbocycles. The second-order valence-corrected chi connectivity index (χ2v) is 6.91. The number of carbonyl (C=O) groups is 1. The van der Waals surface area contributed by atoms with Crippen LogP contribution in [0.3, 0.4) is 0 Å². The molecule has 0 aliphatic heterocycles. The van der Waals surface area contributed by atoms with Gasteiger partial charge in [0, 0.05) is 49.0 Å². The lowest BCUT2D eigenvalue weighted by molar-refractivity contribution is 0.0837. The molecule has 0 radical (unpaired) electrons. The highest BCUT2D eigenvalue weighted by Gasteiger charge is 2.23. The molecule has 26 heavy (non-hydrogen) atoms. The molecule has 0 fully saturated rings. The van der Waals surface area contributed by atoms with E-state index in [9.17, 15) is 4.79 Å². The van der Waals surface area contributed by atoms with Crippen molar-refractivity contribution >= 4 is 22.4 Å². The molecule has 0 unspecified atom stereocenters. The van der Waals surface area contributed by atoms with Crippen LogP contribution in [0.25, 0.3) is 10.9 Å². The summed E-state index contributed by atoms with van der Waals surface area (Å²) in [6, 6.07) is 16.3. The van der Waals surface area contributed by atoms with Gasteiger partial charge in [-0.3, -0.25) is 9.69 Å². The number of nitrogens with zero attached hydrogens (tertiary/aromatic N) is 2. The first-order chi connectivity index (χ1) is 12.5. The molecule has 0 amide bonds. The number of likely N-dealkylation sites (N-methyl/N-ethyl adjacent to an activating group) is 1. The average molecular weight is 349 g/mol. The fourth-order valence-corrected chi connectivity index (χ4v) is 3.32. The number of rotatable bonds is 7. The first-order valence-corrected chi connectivity index (χ1v) is 9.12. The van der Waals surface area contributed by atoms with Gasteiger partial charge in [-0.25, -0.2) is 0 Å². The van der Waals surface area contributed by atoms with Gasteiger partial charge >= 0.3 is 0 Å². The summed E-state index contributed by atoms with van der Waals surface area (Å²) in [7, 11) is 4.07. The summed E-state index contributed by atoms with van der Waals surface area (Å²) in [4.78, 5) is 20.6. The third-order valence-electron chi connectivity index (χ3n) is 5.03. The number of aromatic amines is 1. The number of fused-ring (bicyclic) bond motifs is 1. The van der Waals surface area contributed by atoms with Crippen molar-refractivity contribution in [2.75, 3.05) is 25.5 Å². The van der Waals surface area contributed by atoms with E-state index in [0.717, 1.165) is 29.6 Å². The van der Waals surface area contributed by atoms with E-state index in [1.54, 1.807) is 0 Å². The summed E-state index contributed by atoms with van der Waals surface area (Å²) < 4.78 is 0. The van der Waals surface area contributed by atoms with Crippen LogP contribution in [0.1, 0.15) is 29.8 Å². The van der Waals surface area contributed by atoms with Crippen molar-refractivity contribution in [1.82, 2.24) is 9.88 Å². The van der Waals surface area contributed by atoms with E-state index in [1.165, 1.54) is 11.3 Å². The number of carbonyl (C=O) groups excluding carboxylic acids is 1. The van der Waals surface area contributed by atoms with E-state index >= 15 is 0 Å². The average Bonchev–Trinajstić information content (AvgIpc) is 3.09. The Morgan fingerprint density at radius 1 is 1.08 bits per heavy atom. The molecule has 1 aromatic heterocycles. The summed E-state index contributed by atoms with van der Waals surface area (Å²) in [5, 5.41) is 0.996. The lowest BCUT2D eigenvalue weighted by Crippen LogP contribution is -2.38. The van der Waals surface area contributed by atoms with Crippen LogP contribution >= 0.6 is 0 Å². The Balaban J connectivity index is 1.77. The molecule has 0 spiro atoms. The van der Waals surface area contributed by atoms with Crippen LogP contribution < -0.4 is 4.90 Å². The van der Waals surface area contributed by atoms with Crippen molar-refractivity contribution in [3.8, 4) is 0 Å². The highest BCUT2D eigenvalue weighted by molar-refractivity contribution is 6.10. The van der Waals surface area contributed by atoms with Crippen LogP contribution in [-0.2, 0) is 6.54 Å². The Hall–Kier alpha value is -2.59. The Bertz CT molecular complexity index is 880. The molecule has 1 heterocycles. The number of H-pyrrole nitrogens is 1. The number of benzene rings is 2. The largest absolute Gasteiger partial charge is 0.378 e. The second kappa shape index (κ2) is 7.75. The zero-order valence-corrected chi connectivity index (χ0v) is 16.0. The fraction of sp³-hybridized carbons (Fsp3) is 0.318. The quantitative estimate of drug-likeness (QED) is 0.646. The fourth-order valence-electron chi connectivity index (χ4n) is 3.32. The van der Waals surface area contributed by atoms with Crippen LogP contribution in [0.5, 0.6) is 0 Å². The maximum Gasteiger partial charge on any atom is 0.181 e. The van der Waals surface area contributed by atoms with Gasteiger partial charge in [0.15, 0.2) is 5.78 Å². The van der Waals surface area contributed by atoms with Crippen molar-refractivity contribution in [3.63, 3.8) is 0 Å². The van der Waals surface area contributed by atoms with Crippen LogP contribution in [-0.4, -0.2) is 42.3 Å². The maximum atomic E-state index is 13.1. The minimum Gasteiger partial charge on any atom is -0.378 e. The van der Waals surface area contributed by atoms with Crippen molar-refractivity contribution in [3.05, 3.63) is 65.9 Å². The van der Waals surface area contributed by atoms with Gasteiger partial charge in [0.05, 0.1) is 6.04 Å². The first-order valence-electron chi connectivity index (χ1n) is 9.12. The SMILES string of the molecule is CCN(Cc1ccc(N(C)C)cc1)[C@H](C)C(=O)c1c[nH]c2ccccc12. The van der Waals surface area contributed by atoms with E-state index in [2.05, 4.69) is 46.0 Å². The molecular weight excluding hydrogens is 322 g/mol. The van der Waals surface area contributed by atoms with Crippen LogP contribution in [0.15, 0.2) is 54.7 Å². The van der Waals surface area contributed by atoms with Gasteiger partial charge < -0.3 is 9.88 Å². The maximum absolute atomic E-state index is 13.1. The molecule has 1 atom stereocenters. The van der Waals surface area contributed by atoms with Crippen LogP contribution in [0.2, 0.25) is 0 Å². The Morgan fingerprint density at radius 2 is 1.77 bits per heavy atom. The molecule has 0 aliphatic rings. The van der Waals surface area contributed by atoms with Crippen molar-refractivity contribution in [2.24, 2.45) is 0 Å². The van der Waals surface area contributed by atoms with Gasteiger partial charge in [0.25, 0.3) is 0 Å². The topological polar surface area (TPSA) is 39.3 Å². The minimum absolute atomic E-state index is 0.161. The summed E-state index contributed by atoms with van der Waals surface area (Å²) in [5.41, 5.74) is 4.18. The molecule has 0 saturated carbocycles. The smallest absolute Gasteiger partial charge is 0.181 e. The molecule has 4 nitrogen and oxygen atoms in total. The molecule has 0 bridgehead atoms. The third-order valence-corrected chi connectivity index (χ3v) is 5.03. The van der Waals surface area contributed by atoms with Gasteiger partial charge in [0.1, 0.15) is 0 Å². The number of aromatic nitrogens is 1. The molecule has 1 N–H and O–H groups in total. The number of anilines is 1. The monoisotopic (exact) mass is 349 g/mol. The van der Waals surface area contributed by atoms with Gasteiger partial charge in [-0.15, -0.1) is 0 Å². The minimum atomic E-state index is -0.173. The standard InChI is InChI=1S/C22H27N3O/c1-5-25(15-17-10-12-18(13-11-17)24(3)4)16(2)22(26)20-14-23-21-9-7-6-8-19(20)21/h6-14,16,23H,5,15H2,1-4H3/t16-/m1/s1. The lowest BCUT2D eigenvalue weighted by atomic mass is 10.0. The number of ketones is 1. The van der Waals surface area contributed by atoms with Crippen LogP contribution in [0, 0.1) is 0 Å². The molecule has 2 aromatic carbocycles.